The van der Waals surface area contributed by atoms with E-state index in [1.165, 1.54) is 11.8 Å². The second-order valence-electron chi connectivity index (χ2n) is 3.73. The largest absolute Gasteiger partial charge is 0.478 e. The fourth-order valence-electron chi connectivity index (χ4n) is 0.766. The molecule has 0 fully saturated rings. The fraction of sp³-hybridized carbons (Fsp3) is 0.800. The topological polar surface area (TPSA) is 63.6 Å². The number of carboxylic acids is 1. The summed E-state index contributed by atoms with van der Waals surface area (Å²) in [6.45, 7) is 5.58. The van der Waals surface area contributed by atoms with Gasteiger partial charge in [-0.25, -0.2) is 4.79 Å². The van der Waals surface area contributed by atoms with Gasteiger partial charge in [0.25, 0.3) is 0 Å². The molecule has 0 aliphatic carbocycles. The van der Waals surface area contributed by atoms with E-state index >= 15 is 0 Å². The van der Waals surface area contributed by atoms with E-state index in [9.17, 15) is 9.59 Å². The summed E-state index contributed by atoms with van der Waals surface area (Å²) in [5.41, 5.74) is 0. The van der Waals surface area contributed by atoms with Gasteiger partial charge in [0.2, 0.25) is 6.10 Å². The van der Waals surface area contributed by atoms with E-state index in [0.717, 1.165) is 0 Å². The molecule has 0 aromatic heterocycles. The first-order chi connectivity index (χ1) is 7.38. The van der Waals surface area contributed by atoms with E-state index < -0.39 is 18.0 Å². The van der Waals surface area contributed by atoms with Crippen LogP contribution >= 0.6 is 24.4 Å². The zero-order valence-electron chi connectivity index (χ0n) is 9.67. The Labute approximate surface area is 106 Å². The van der Waals surface area contributed by atoms with Gasteiger partial charge in [-0.2, -0.15) is 24.4 Å². The average Bonchev–Trinajstić information content (AvgIpc) is 2.21. The monoisotopic (exact) mass is 266 g/mol. The highest BCUT2D eigenvalue weighted by molar-refractivity contribution is 7.99. The second-order valence-corrected chi connectivity index (χ2v) is 5.70. The molecule has 0 amide bonds. The van der Waals surface area contributed by atoms with Crippen LogP contribution in [0, 0.1) is 5.92 Å². The van der Waals surface area contributed by atoms with Gasteiger partial charge in [-0.15, -0.1) is 0 Å². The summed E-state index contributed by atoms with van der Waals surface area (Å²) in [6.07, 6.45) is -1.07. The van der Waals surface area contributed by atoms with Crippen molar-refractivity contribution in [2.24, 2.45) is 5.92 Å². The third-order valence-electron chi connectivity index (χ3n) is 1.79. The van der Waals surface area contributed by atoms with Crippen LogP contribution in [0.5, 0.6) is 0 Å². The Morgan fingerprint density at radius 1 is 1.38 bits per heavy atom. The molecular weight excluding hydrogens is 248 g/mol. The lowest BCUT2D eigenvalue weighted by Gasteiger charge is -2.16. The summed E-state index contributed by atoms with van der Waals surface area (Å²) in [4.78, 5) is 22.2. The first-order valence-electron chi connectivity index (χ1n) is 5.04. The van der Waals surface area contributed by atoms with Crippen LogP contribution in [0.4, 0.5) is 0 Å². The van der Waals surface area contributed by atoms with Crippen molar-refractivity contribution in [1.82, 2.24) is 0 Å². The van der Waals surface area contributed by atoms with Crippen molar-refractivity contribution in [3.63, 3.8) is 0 Å². The minimum absolute atomic E-state index is 0.276. The number of thioether (sulfide) groups is 1. The lowest BCUT2D eigenvalue weighted by molar-refractivity contribution is -0.164. The van der Waals surface area contributed by atoms with Crippen molar-refractivity contribution in [2.45, 2.75) is 32.1 Å². The molecule has 1 N–H and O–H groups in total. The van der Waals surface area contributed by atoms with Gasteiger partial charge in [0.15, 0.2) is 0 Å². The molecule has 0 spiro atoms. The van der Waals surface area contributed by atoms with Crippen LogP contribution in [0.1, 0.15) is 20.8 Å². The van der Waals surface area contributed by atoms with Gasteiger partial charge < -0.3 is 9.84 Å². The number of carbonyl (C=O) groups excluding carboxylic acids is 1. The van der Waals surface area contributed by atoms with Crippen molar-refractivity contribution in [3.8, 4) is 0 Å². The van der Waals surface area contributed by atoms with E-state index in [1.807, 2.05) is 13.8 Å². The van der Waals surface area contributed by atoms with Crippen LogP contribution in [0.2, 0.25) is 0 Å². The molecule has 0 aliphatic heterocycles. The number of hydrogen-bond donors (Lipinski definition) is 2. The lowest BCUT2D eigenvalue weighted by atomic mass is 10.2. The predicted molar refractivity (Wildman–Crippen MR) is 68.1 cm³/mol. The van der Waals surface area contributed by atoms with Crippen molar-refractivity contribution in [1.29, 1.82) is 0 Å². The summed E-state index contributed by atoms with van der Waals surface area (Å²) in [5.74, 6) is -1.37. The van der Waals surface area contributed by atoms with Gasteiger partial charge in [0.05, 0.1) is 5.92 Å². The molecule has 0 radical (unpaired) electrons. The molecule has 94 valence electrons. The molecule has 0 heterocycles. The first kappa shape index (κ1) is 15.6. The number of aliphatic carboxylic acids is 1. The van der Waals surface area contributed by atoms with Gasteiger partial charge in [0.1, 0.15) is 0 Å². The zero-order chi connectivity index (χ0) is 12.7. The highest BCUT2D eigenvalue weighted by Gasteiger charge is 2.24. The first-order valence-corrected chi connectivity index (χ1v) is 6.72. The van der Waals surface area contributed by atoms with Crippen molar-refractivity contribution in [2.75, 3.05) is 11.5 Å². The molecule has 0 saturated heterocycles. The van der Waals surface area contributed by atoms with Crippen LogP contribution in [-0.2, 0) is 14.3 Å². The average molecular weight is 266 g/mol. The molecular formula is C10H18O4S2. The van der Waals surface area contributed by atoms with Crippen molar-refractivity contribution in [3.05, 3.63) is 0 Å². The molecule has 0 rings (SSSR count). The maximum absolute atomic E-state index is 11.4. The van der Waals surface area contributed by atoms with Crippen LogP contribution in [0.15, 0.2) is 0 Å². The summed E-state index contributed by atoms with van der Waals surface area (Å²) in [5, 5.41) is 9.19. The number of carbonyl (C=O) groups is 2. The molecule has 2 atom stereocenters. The molecule has 0 aromatic rings. The Kier molecular flexibility index (Phi) is 7.66. The van der Waals surface area contributed by atoms with E-state index in [-0.39, 0.29) is 11.7 Å². The SMILES string of the molecule is CC(C)SCC(OC(=O)[C@@H](C)CS)C(=O)O. The van der Waals surface area contributed by atoms with Crippen molar-refractivity contribution < 1.29 is 19.4 Å². The Balaban J connectivity index is 4.23. The Morgan fingerprint density at radius 2 is 1.94 bits per heavy atom. The standard InChI is InChI=1S/C10H18O4S2/c1-6(2)16-5-8(9(11)12)14-10(13)7(3)4-15/h6-8,15H,4-5H2,1-3H3,(H,11,12)/t7-,8?/m0/s1. The number of hydrogen-bond acceptors (Lipinski definition) is 5. The summed E-state index contributed by atoms with van der Waals surface area (Å²) in [7, 11) is 0. The number of thiol groups is 1. The molecule has 0 saturated carbocycles. The van der Waals surface area contributed by atoms with E-state index in [2.05, 4.69) is 12.6 Å². The van der Waals surface area contributed by atoms with Gasteiger partial charge in [-0.1, -0.05) is 20.8 Å². The molecule has 0 aromatic carbocycles. The van der Waals surface area contributed by atoms with Crippen LogP contribution in [-0.4, -0.2) is 39.9 Å². The van der Waals surface area contributed by atoms with Gasteiger partial charge >= 0.3 is 11.9 Å². The molecule has 4 nitrogen and oxygen atoms in total. The maximum Gasteiger partial charge on any atom is 0.345 e. The highest BCUT2D eigenvalue weighted by atomic mass is 32.2. The minimum Gasteiger partial charge on any atom is -0.478 e. The van der Waals surface area contributed by atoms with Crippen molar-refractivity contribution >= 4 is 36.3 Å². The normalized spacial score (nSPS) is 14.6. The van der Waals surface area contributed by atoms with E-state index in [1.54, 1.807) is 6.92 Å². The third-order valence-corrected chi connectivity index (χ3v) is 3.50. The summed E-state index contributed by atoms with van der Waals surface area (Å²) >= 11 is 5.41. The van der Waals surface area contributed by atoms with Crippen LogP contribution < -0.4 is 0 Å². The Morgan fingerprint density at radius 3 is 2.31 bits per heavy atom. The summed E-state index contributed by atoms with van der Waals surface area (Å²) in [6, 6.07) is 0. The number of carboxylic acid groups (broad SMARTS) is 1. The molecule has 0 bridgehead atoms. The maximum atomic E-state index is 11.4. The Bertz CT molecular complexity index is 243. The summed E-state index contributed by atoms with van der Waals surface area (Å²) < 4.78 is 4.91. The van der Waals surface area contributed by atoms with Gasteiger partial charge in [0, 0.05) is 11.5 Å². The molecule has 6 heteroatoms. The van der Waals surface area contributed by atoms with Crippen LogP contribution in [0.25, 0.3) is 0 Å². The lowest BCUT2D eigenvalue weighted by Crippen LogP contribution is -2.32. The smallest absolute Gasteiger partial charge is 0.345 e. The molecule has 16 heavy (non-hydrogen) atoms. The Hall–Kier alpha value is -0.360. The van der Waals surface area contributed by atoms with Gasteiger partial charge in [-0.05, 0) is 5.25 Å². The van der Waals surface area contributed by atoms with Crippen LogP contribution in [0.3, 0.4) is 0 Å². The number of rotatable bonds is 7. The molecule has 1 unspecified atom stereocenters. The zero-order valence-corrected chi connectivity index (χ0v) is 11.4. The predicted octanol–water partition coefficient (Wildman–Crippen LogP) is 1.69. The number of ether oxygens (including phenoxy) is 1. The van der Waals surface area contributed by atoms with Gasteiger partial charge in [-0.3, -0.25) is 4.79 Å². The second kappa shape index (κ2) is 7.84. The third kappa shape index (κ3) is 6.27. The minimum atomic E-state index is -1.10. The van der Waals surface area contributed by atoms with E-state index in [0.29, 0.717) is 11.0 Å². The van der Waals surface area contributed by atoms with E-state index in [4.69, 9.17) is 9.84 Å². The fourth-order valence-corrected chi connectivity index (χ4v) is 1.69. The quantitative estimate of drug-likeness (QED) is 0.542. The molecule has 0 aliphatic rings. The highest BCUT2D eigenvalue weighted by Crippen LogP contribution is 2.14. The number of esters is 1.